The Balaban J connectivity index is 1.95. The normalized spacial score (nSPS) is 17.6. The van der Waals surface area contributed by atoms with Gasteiger partial charge < -0.3 is 10.1 Å². The number of piperidine rings is 1. The Morgan fingerprint density at radius 1 is 1.24 bits per heavy atom. The molecule has 1 aromatic carbocycles. The van der Waals surface area contributed by atoms with Gasteiger partial charge in [-0.25, -0.2) is 0 Å². The van der Waals surface area contributed by atoms with E-state index < -0.39 is 10.2 Å². The van der Waals surface area contributed by atoms with Crippen molar-refractivity contribution >= 4 is 15.9 Å². The molecular weight excluding hydrogens is 290 g/mol. The fraction of sp³-hybridized carbons (Fsp3) is 0.571. The van der Waals surface area contributed by atoms with Crippen LogP contribution in [0.15, 0.2) is 24.3 Å². The van der Waals surface area contributed by atoms with E-state index in [0.29, 0.717) is 30.4 Å². The average molecular weight is 313 g/mol. The molecule has 0 aromatic heterocycles. The van der Waals surface area contributed by atoms with Crippen molar-refractivity contribution in [2.45, 2.75) is 12.8 Å². The van der Waals surface area contributed by atoms with Crippen LogP contribution < -0.4 is 14.8 Å². The molecule has 118 valence electrons. The van der Waals surface area contributed by atoms with Crippen LogP contribution in [-0.4, -0.2) is 46.5 Å². The van der Waals surface area contributed by atoms with Gasteiger partial charge in [0.1, 0.15) is 5.75 Å². The third kappa shape index (κ3) is 4.33. The molecule has 1 aliphatic heterocycles. The van der Waals surface area contributed by atoms with Gasteiger partial charge in [-0.3, -0.25) is 4.72 Å². The fourth-order valence-electron chi connectivity index (χ4n) is 2.51. The van der Waals surface area contributed by atoms with Gasteiger partial charge in [0.25, 0.3) is 0 Å². The highest BCUT2D eigenvalue weighted by molar-refractivity contribution is 7.90. The Labute approximate surface area is 126 Å². The summed E-state index contributed by atoms with van der Waals surface area (Å²) in [4.78, 5) is 0. The van der Waals surface area contributed by atoms with Crippen LogP contribution in [0.3, 0.4) is 0 Å². The molecule has 0 atom stereocenters. The van der Waals surface area contributed by atoms with Crippen molar-refractivity contribution in [2.75, 3.05) is 38.5 Å². The quantitative estimate of drug-likeness (QED) is 0.830. The Morgan fingerprint density at radius 2 is 1.86 bits per heavy atom. The lowest BCUT2D eigenvalue weighted by atomic mass is 9.98. The molecule has 2 N–H and O–H groups in total. The smallest absolute Gasteiger partial charge is 0.301 e. The number of methoxy groups -OCH3 is 1. The van der Waals surface area contributed by atoms with E-state index in [2.05, 4.69) is 10.0 Å². The number of nitrogens with one attached hydrogen (secondary N) is 2. The summed E-state index contributed by atoms with van der Waals surface area (Å²) in [6.45, 7) is 2.08. The molecule has 0 amide bonds. The van der Waals surface area contributed by atoms with Crippen LogP contribution >= 0.6 is 0 Å². The topological polar surface area (TPSA) is 70.7 Å². The Kier molecular flexibility index (Phi) is 5.44. The van der Waals surface area contributed by atoms with Gasteiger partial charge in [-0.05, 0) is 56.6 Å². The van der Waals surface area contributed by atoms with Gasteiger partial charge >= 0.3 is 10.2 Å². The van der Waals surface area contributed by atoms with Gasteiger partial charge in [-0.15, -0.1) is 0 Å². The summed E-state index contributed by atoms with van der Waals surface area (Å²) in [5.74, 6) is 1.26. The molecule has 0 aliphatic carbocycles. The zero-order valence-corrected chi connectivity index (χ0v) is 13.3. The van der Waals surface area contributed by atoms with Crippen molar-refractivity contribution in [3.8, 4) is 5.75 Å². The lowest BCUT2D eigenvalue weighted by Gasteiger charge is -2.31. The van der Waals surface area contributed by atoms with Gasteiger partial charge in [0.2, 0.25) is 0 Å². The molecule has 0 bridgehead atoms. The maximum absolute atomic E-state index is 12.3. The van der Waals surface area contributed by atoms with Crippen LogP contribution in [0.4, 0.5) is 5.69 Å². The first-order valence-corrected chi connectivity index (χ1v) is 8.55. The SMILES string of the molecule is CNCC1CCN(S(=O)(=O)Nc2ccc(OC)cc2)CC1. The monoisotopic (exact) mass is 313 g/mol. The minimum Gasteiger partial charge on any atom is -0.497 e. The van der Waals surface area contributed by atoms with Crippen molar-refractivity contribution < 1.29 is 13.2 Å². The molecular formula is C14H23N3O3S. The third-order valence-electron chi connectivity index (χ3n) is 3.74. The predicted octanol–water partition coefficient (Wildman–Crippen LogP) is 1.28. The van der Waals surface area contributed by atoms with Crippen LogP contribution in [-0.2, 0) is 10.2 Å². The molecule has 2 rings (SSSR count). The third-order valence-corrected chi connectivity index (χ3v) is 5.28. The minimum absolute atomic E-state index is 0.549. The highest BCUT2D eigenvalue weighted by Gasteiger charge is 2.27. The second kappa shape index (κ2) is 7.11. The number of anilines is 1. The van der Waals surface area contributed by atoms with Crippen molar-refractivity contribution in [1.29, 1.82) is 0 Å². The van der Waals surface area contributed by atoms with Gasteiger partial charge in [-0.1, -0.05) is 0 Å². The number of hydrogen-bond donors (Lipinski definition) is 2. The van der Waals surface area contributed by atoms with Crippen LogP contribution in [0.25, 0.3) is 0 Å². The highest BCUT2D eigenvalue weighted by Crippen LogP contribution is 2.21. The first-order valence-electron chi connectivity index (χ1n) is 7.11. The standard InChI is InChI=1S/C14H23N3O3S/c1-15-11-12-7-9-17(10-8-12)21(18,19)16-13-3-5-14(20-2)6-4-13/h3-6,12,15-16H,7-11H2,1-2H3. The molecule has 1 aromatic rings. The Bertz CT molecular complexity index is 537. The van der Waals surface area contributed by atoms with Crippen LogP contribution in [0.5, 0.6) is 5.75 Å². The van der Waals surface area contributed by atoms with Crippen molar-refractivity contribution in [3.05, 3.63) is 24.3 Å². The zero-order chi connectivity index (χ0) is 15.3. The molecule has 1 heterocycles. The number of benzene rings is 1. The van der Waals surface area contributed by atoms with Gasteiger partial charge in [-0.2, -0.15) is 12.7 Å². The summed E-state index contributed by atoms with van der Waals surface area (Å²) >= 11 is 0. The predicted molar refractivity (Wildman–Crippen MR) is 83.8 cm³/mol. The maximum Gasteiger partial charge on any atom is 0.301 e. The molecule has 0 unspecified atom stereocenters. The van der Waals surface area contributed by atoms with E-state index in [1.165, 1.54) is 4.31 Å². The van der Waals surface area contributed by atoms with Crippen molar-refractivity contribution in [1.82, 2.24) is 9.62 Å². The van der Waals surface area contributed by atoms with E-state index >= 15 is 0 Å². The second-order valence-corrected chi connectivity index (χ2v) is 6.91. The van der Waals surface area contributed by atoms with Crippen molar-refractivity contribution in [3.63, 3.8) is 0 Å². The second-order valence-electron chi connectivity index (χ2n) is 5.24. The molecule has 1 fully saturated rings. The van der Waals surface area contributed by atoms with Gasteiger partial charge in [0.05, 0.1) is 12.8 Å². The number of ether oxygens (including phenoxy) is 1. The van der Waals surface area contributed by atoms with E-state index in [1.54, 1.807) is 31.4 Å². The molecule has 0 saturated carbocycles. The average Bonchev–Trinajstić information content (AvgIpc) is 2.48. The maximum atomic E-state index is 12.3. The summed E-state index contributed by atoms with van der Waals surface area (Å²) < 4.78 is 33.9. The van der Waals surface area contributed by atoms with E-state index in [9.17, 15) is 8.42 Å². The Hall–Kier alpha value is -1.31. The lowest BCUT2D eigenvalue weighted by molar-refractivity contribution is 0.272. The van der Waals surface area contributed by atoms with Crippen LogP contribution in [0.2, 0.25) is 0 Å². The van der Waals surface area contributed by atoms with Crippen LogP contribution in [0, 0.1) is 5.92 Å². The van der Waals surface area contributed by atoms with Crippen LogP contribution in [0.1, 0.15) is 12.8 Å². The Morgan fingerprint density at radius 3 is 2.38 bits per heavy atom. The molecule has 6 nitrogen and oxygen atoms in total. The lowest BCUT2D eigenvalue weighted by Crippen LogP contribution is -2.43. The van der Waals surface area contributed by atoms with E-state index in [1.807, 2.05) is 7.05 Å². The first-order chi connectivity index (χ1) is 10.0. The molecule has 1 saturated heterocycles. The largest absolute Gasteiger partial charge is 0.497 e. The minimum atomic E-state index is -3.47. The molecule has 1 aliphatic rings. The molecule has 0 radical (unpaired) electrons. The fourth-order valence-corrected chi connectivity index (χ4v) is 3.77. The summed E-state index contributed by atoms with van der Waals surface area (Å²) in [6.07, 6.45) is 1.79. The van der Waals surface area contributed by atoms with Crippen molar-refractivity contribution in [2.24, 2.45) is 5.92 Å². The number of nitrogens with zero attached hydrogens (tertiary/aromatic N) is 1. The zero-order valence-electron chi connectivity index (χ0n) is 12.5. The summed E-state index contributed by atoms with van der Waals surface area (Å²) in [5.41, 5.74) is 0.549. The number of hydrogen-bond acceptors (Lipinski definition) is 4. The summed E-state index contributed by atoms with van der Waals surface area (Å²) in [5, 5.41) is 3.15. The van der Waals surface area contributed by atoms with E-state index in [4.69, 9.17) is 4.74 Å². The van der Waals surface area contributed by atoms with E-state index in [-0.39, 0.29) is 0 Å². The molecule has 7 heteroatoms. The highest BCUT2D eigenvalue weighted by atomic mass is 32.2. The van der Waals surface area contributed by atoms with Gasteiger partial charge in [0.15, 0.2) is 0 Å². The van der Waals surface area contributed by atoms with Gasteiger partial charge in [0, 0.05) is 13.1 Å². The van der Waals surface area contributed by atoms with E-state index in [0.717, 1.165) is 19.4 Å². The molecule has 0 spiro atoms. The first kappa shape index (κ1) is 16.1. The summed E-state index contributed by atoms with van der Waals surface area (Å²) in [7, 11) is 0.0306. The number of rotatable bonds is 6. The molecule has 21 heavy (non-hydrogen) atoms. The summed E-state index contributed by atoms with van der Waals surface area (Å²) in [6, 6.07) is 6.86.